The van der Waals surface area contributed by atoms with Crippen LogP contribution >= 0.6 is 0 Å². The molecule has 1 aliphatic heterocycles. The lowest BCUT2D eigenvalue weighted by atomic mass is 9.97. The first-order chi connectivity index (χ1) is 18.7. The van der Waals surface area contributed by atoms with E-state index in [0.29, 0.717) is 37.6 Å². The standard InChI is InChI=1S/C28H32F2N6O3/c1-17-10-25(39-3)22(20-6-7-31-27(17)20)14-36-9-8-35(16-26(29)30)15-24(36)18-4-5-21(28(37)38)23(11-18)33-19-12-32-34(2)13-19/h4-7,10-13,24,26,31,33H,8-9,14-16H2,1-3H3,(H,37,38). The molecular formula is C28H32F2N6O3. The maximum Gasteiger partial charge on any atom is 0.337 e. The van der Waals surface area contributed by atoms with Crippen molar-refractivity contribution in [3.8, 4) is 5.75 Å². The molecule has 0 bridgehead atoms. The summed E-state index contributed by atoms with van der Waals surface area (Å²) in [5, 5.41) is 18.2. The van der Waals surface area contributed by atoms with Crippen LogP contribution in [0.4, 0.5) is 20.2 Å². The normalized spacial score (nSPS) is 16.7. The number of piperazine rings is 1. The Bertz CT molecular complexity index is 1480. The molecule has 2 aromatic carbocycles. The SMILES string of the molecule is COc1cc(C)c2[nH]ccc2c1CN1CCN(CC(F)F)CC1c1ccc(C(=O)O)c(Nc2cnn(C)c2)c1. The van der Waals surface area contributed by atoms with Gasteiger partial charge in [0.1, 0.15) is 5.75 Å². The molecule has 1 saturated heterocycles. The number of rotatable bonds is 9. The molecule has 4 aromatic rings. The van der Waals surface area contributed by atoms with E-state index in [1.54, 1.807) is 54.3 Å². The third-order valence-corrected chi connectivity index (χ3v) is 7.31. The number of anilines is 2. The third kappa shape index (κ3) is 5.59. The molecule has 0 spiro atoms. The summed E-state index contributed by atoms with van der Waals surface area (Å²) in [6, 6.07) is 8.93. The van der Waals surface area contributed by atoms with Crippen molar-refractivity contribution < 1.29 is 23.4 Å². The average molecular weight is 539 g/mol. The first-order valence-electron chi connectivity index (χ1n) is 12.7. The van der Waals surface area contributed by atoms with E-state index in [9.17, 15) is 18.7 Å². The number of carboxylic acid groups (broad SMARTS) is 1. The molecule has 3 heterocycles. The highest BCUT2D eigenvalue weighted by Crippen LogP contribution is 2.36. The van der Waals surface area contributed by atoms with E-state index >= 15 is 0 Å². The predicted molar refractivity (Wildman–Crippen MR) is 145 cm³/mol. The summed E-state index contributed by atoms with van der Waals surface area (Å²) < 4.78 is 34.1. The van der Waals surface area contributed by atoms with Crippen LogP contribution in [0.25, 0.3) is 10.9 Å². The van der Waals surface area contributed by atoms with Gasteiger partial charge in [0, 0.05) is 68.1 Å². The number of aromatic carboxylic acids is 1. The number of aromatic amines is 1. The summed E-state index contributed by atoms with van der Waals surface area (Å²) in [7, 11) is 3.42. The molecule has 1 unspecified atom stereocenters. The van der Waals surface area contributed by atoms with Gasteiger partial charge in [0.2, 0.25) is 0 Å². The number of nitrogens with one attached hydrogen (secondary N) is 2. The minimum absolute atomic E-state index is 0.114. The van der Waals surface area contributed by atoms with Gasteiger partial charge in [0.15, 0.2) is 0 Å². The summed E-state index contributed by atoms with van der Waals surface area (Å²) in [5.74, 6) is -0.291. The number of carbonyl (C=O) groups is 1. The van der Waals surface area contributed by atoms with E-state index in [2.05, 4.69) is 20.3 Å². The highest BCUT2D eigenvalue weighted by atomic mass is 19.3. The second-order valence-electron chi connectivity index (χ2n) is 9.92. The number of halogens is 2. The Balaban J connectivity index is 1.53. The summed E-state index contributed by atoms with van der Waals surface area (Å²) in [5.41, 5.74) is 5.14. The van der Waals surface area contributed by atoms with Crippen molar-refractivity contribution in [1.82, 2.24) is 24.6 Å². The van der Waals surface area contributed by atoms with E-state index in [1.165, 1.54) is 0 Å². The number of nitrogens with zero attached hydrogens (tertiary/aromatic N) is 4. The molecule has 3 N–H and O–H groups in total. The Morgan fingerprint density at radius 1 is 1.28 bits per heavy atom. The summed E-state index contributed by atoms with van der Waals surface area (Å²) >= 11 is 0. The Morgan fingerprint density at radius 2 is 2.10 bits per heavy atom. The number of hydrogen-bond acceptors (Lipinski definition) is 6. The number of aryl methyl sites for hydroxylation is 2. The summed E-state index contributed by atoms with van der Waals surface area (Å²) in [6.45, 7) is 3.70. The lowest BCUT2D eigenvalue weighted by Gasteiger charge is -2.42. The van der Waals surface area contributed by atoms with Gasteiger partial charge in [-0.2, -0.15) is 5.10 Å². The molecule has 1 atom stereocenters. The predicted octanol–water partition coefficient (Wildman–Crippen LogP) is 4.78. The van der Waals surface area contributed by atoms with Crippen molar-refractivity contribution in [2.75, 3.05) is 38.6 Å². The number of ether oxygens (including phenoxy) is 1. The van der Waals surface area contributed by atoms with Gasteiger partial charge in [-0.3, -0.25) is 14.5 Å². The van der Waals surface area contributed by atoms with Gasteiger partial charge in [-0.1, -0.05) is 6.07 Å². The van der Waals surface area contributed by atoms with Crippen LogP contribution in [0, 0.1) is 6.92 Å². The van der Waals surface area contributed by atoms with Crippen molar-refractivity contribution >= 4 is 28.2 Å². The molecule has 0 saturated carbocycles. The van der Waals surface area contributed by atoms with Crippen LogP contribution < -0.4 is 10.1 Å². The van der Waals surface area contributed by atoms with Gasteiger partial charge in [0.25, 0.3) is 6.43 Å². The van der Waals surface area contributed by atoms with Crippen LogP contribution in [-0.4, -0.2) is 75.4 Å². The van der Waals surface area contributed by atoms with Crippen molar-refractivity contribution in [3.63, 3.8) is 0 Å². The minimum atomic E-state index is -2.44. The smallest absolute Gasteiger partial charge is 0.337 e. The first-order valence-corrected chi connectivity index (χ1v) is 12.7. The number of hydrogen-bond donors (Lipinski definition) is 3. The van der Waals surface area contributed by atoms with E-state index in [0.717, 1.165) is 33.3 Å². The molecule has 5 rings (SSSR count). The summed E-state index contributed by atoms with van der Waals surface area (Å²) in [6.07, 6.45) is 2.83. The number of benzene rings is 2. The Morgan fingerprint density at radius 3 is 2.79 bits per heavy atom. The quantitative estimate of drug-likeness (QED) is 0.282. The van der Waals surface area contributed by atoms with E-state index < -0.39 is 12.4 Å². The molecule has 39 heavy (non-hydrogen) atoms. The Hall–Kier alpha value is -3.96. The number of fused-ring (bicyclic) bond motifs is 1. The fourth-order valence-electron chi connectivity index (χ4n) is 5.43. The molecular weight excluding hydrogens is 506 g/mol. The lowest BCUT2D eigenvalue weighted by Crippen LogP contribution is -2.49. The number of alkyl halides is 2. The van der Waals surface area contributed by atoms with Gasteiger partial charge >= 0.3 is 5.97 Å². The molecule has 1 aliphatic rings. The molecule has 11 heteroatoms. The van der Waals surface area contributed by atoms with Gasteiger partial charge in [-0.15, -0.1) is 0 Å². The molecule has 2 aromatic heterocycles. The number of H-pyrrole nitrogens is 1. The molecule has 206 valence electrons. The van der Waals surface area contributed by atoms with Crippen LogP contribution in [0.2, 0.25) is 0 Å². The molecule has 0 aliphatic carbocycles. The summed E-state index contributed by atoms with van der Waals surface area (Å²) in [4.78, 5) is 19.3. The highest BCUT2D eigenvalue weighted by Gasteiger charge is 2.31. The van der Waals surface area contributed by atoms with E-state index in [1.807, 2.05) is 25.3 Å². The largest absolute Gasteiger partial charge is 0.496 e. The number of methoxy groups -OCH3 is 1. The van der Waals surface area contributed by atoms with Crippen LogP contribution in [-0.2, 0) is 13.6 Å². The zero-order chi connectivity index (χ0) is 27.7. The van der Waals surface area contributed by atoms with Gasteiger partial charge < -0.3 is 20.1 Å². The van der Waals surface area contributed by atoms with Gasteiger partial charge in [-0.25, -0.2) is 13.6 Å². The van der Waals surface area contributed by atoms with Crippen LogP contribution in [0.1, 0.15) is 33.1 Å². The van der Waals surface area contributed by atoms with Crippen LogP contribution in [0.3, 0.4) is 0 Å². The van der Waals surface area contributed by atoms with E-state index in [4.69, 9.17) is 4.74 Å². The number of aromatic nitrogens is 3. The fraction of sp³-hybridized carbons (Fsp3) is 0.357. The lowest BCUT2D eigenvalue weighted by molar-refractivity contribution is 0.0246. The fourth-order valence-corrected chi connectivity index (χ4v) is 5.43. The van der Waals surface area contributed by atoms with Crippen molar-refractivity contribution in [2.24, 2.45) is 7.05 Å². The molecule has 0 radical (unpaired) electrons. The second kappa shape index (κ2) is 11.0. The average Bonchev–Trinajstić information content (AvgIpc) is 3.55. The van der Waals surface area contributed by atoms with Crippen molar-refractivity contribution in [2.45, 2.75) is 25.9 Å². The minimum Gasteiger partial charge on any atom is -0.496 e. The van der Waals surface area contributed by atoms with Crippen molar-refractivity contribution in [3.05, 3.63) is 71.2 Å². The highest BCUT2D eigenvalue weighted by molar-refractivity contribution is 5.95. The van der Waals surface area contributed by atoms with Crippen LogP contribution in [0.15, 0.2) is 48.9 Å². The molecule has 9 nitrogen and oxygen atoms in total. The van der Waals surface area contributed by atoms with Crippen molar-refractivity contribution in [1.29, 1.82) is 0 Å². The zero-order valence-corrected chi connectivity index (χ0v) is 22.1. The molecule has 0 amide bonds. The second-order valence-corrected chi connectivity index (χ2v) is 9.92. The van der Waals surface area contributed by atoms with Gasteiger partial charge in [-0.05, 0) is 42.3 Å². The topological polar surface area (TPSA) is 98.7 Å². The van der Waals surface area contributed by atoms with E-state index in [-0.39, 0.29) is 18.2 Å². The zero-order valence-electron chi connectivity index (χ0n) is 22.1. The Kier molecular flexibility index (Phi) is 7.53. The number of carboxylic acids is 1. The monoisotopic (exact) mass is 538 g/mol. The maximum absolute atomic E-state index is 13.4. The Labute approximate surface area is 225 Å². The van der Waals surface area contributed by atoms with Crippen LogP contribution in [0.5, 0.6) is 5.75 Å². The maximum atomic E-state index is 13.4. The molecule has 1 fully saturated rings. The van der Waals surface area contributed by atoms with Gasteiger partial charge in [0.05, 0.1) is 36.8 Å². The third-order valence-electron chi connectivity index (χ3n) is 7.31. The first kappa shape index (κ1) is 26.6.